The van der Waals surface area contributed by atoms with Crippen molar-refractivity contribution >= 4 is 28.8 Å². The van der Waals surface area contributed by atoms with Gasteiger partial charge in [-0.05, 0) is 12.1 Å². The summed E-state index contributed by atoms with van der Waals surface area (Å²) in [4.78, 5) is 17.7. The van der Waals surface area contributed by atoms with Gasteiger partial charge in [-0.25, -0.2) is 15.0 Å². The topological polar surface area (TPSA) is 71.2 Å². The van der Waals surface area contributed by atoms with Gasteiger partial charge in [0.1, 0.15) is 22.3 Å². The number of hydrogen-bond donors (Lipinski definition) is 1. The molecule has 0 unspecified atom stereocenters. The number of aromatic nitrogens is 3. The van der Waals surface area contributed by atoms with E-state index in [0.29, 0.717) is 5.69 Å². The average Bonchev–Trinajstić information content (AvgIpc) is 2.56. The highest BCUT2D eigenvalue weighted by atomic mass is 32.1. The molecule has 1 aliphatic rings. The zero-order valence-corrected chi connectivity index (χ0v) is 12.3. The number of pyridine rings is 1. The molecule has 2 N–H and O–H groups in total. The number of hydrogen-bond acceptors (Lipinski definition) is 6. The molecule has 0 amide bonds. The van der Waals surface area contributed by atoms with Crippen LogP contribution in [0.3, 0.4) is 0 Å². The lowest BCUT2D eigenvalue weighted by Gasteiger charge is -2.35. The summed E-state index contributed by atoms with van der Waals surface area (Å²) in [6, 6.07) is 5.97. The van der Waals surface area contributed by atoms with Gasteiger partial charge in [-0.2, -0.15) is 0 Å². The second-order valence-corrected chi connectivity index (χ2v) is 5.23. The normalized spacial score (nSPS) is 15.0. The highest BCUT2D eigenvalue weighted by Gasteiger charge is 2.19. The third-order valence-corrected chi connectivity index (χ3v) is 3.68. The fourth-order valence-corrected chi connectivity index (χ4v) is 2.42. The van der Waals surface area contributed by atoms with Crippen LogP contribution in [-0.2, 0) is 0 Å². The summed E-state index contributed by atoms with van der Waals surface area (Å²) in [5, 5.41) is 0. The van der Waals surface area contributed by atoms with Crippen molar-refractivity contribution in [2.75, 3.05) is 36.0 Å². The second-order valence-electron chi connectivity index (χ2n) is 4.79. The van der Waals surface area contributed by atoms with Crippen molar-refractivity contribution in [3.05, 3.63) is 42.5 Å². The van der Waals surface area contributed by atoms with Crippen molar-refractivity contribution in [3.8, 4) is 0 Å². The molecule has 0 atom stereocenters. The predicted molar refractivity (Wildman–Crippen MR) is 86.6 cm³/mol. The Morgan fingerprint density at radius 3 is 2.19 bits per heavy atom. The first-order valence-corrected chi connectivity index (χ1v) is 7.17. The highest BCUT2D eigenvalue weighted by molar-refractivity contribution is 7.80. The lowest BCUT2D eigenvalue weighted by Crippen LogP contribution is -2.47. The molecule has 0 saturated carbocycles. The SMILES string of the molecule is NC(=S)c1cnc(N2CCN(c3ccccn3)CC2)cn1. The molecule has 2 aromatic rings. The van der Waals surface area contributed by atoms with E-state index in [2.05, 4.69) is 24.8 Å². The van der Waals surface area contributed by atoms with Crippen LogP contribution in [0, 0.1) is 0 Å². The van der Waals surface area contributed by atoms with E-state index in [4.69, 9.17) is 18.0 Å². The Morgan fingerprint density at radius 2 is 1.67 bits per heavy atom. The van der Waals surface area contributed by atoms with Crippen LogP contribution in [0.4, 0.5) is 11.6 Å². The molecule has 2 aromatic heterocycles. The number of rotatable bonds is 3. The lowest BCUT2D eigenvalue weighted by molar-refractivity contribution is 0.640. The van der Waals surface area contributed by atoms with Crippen LogP contribution in [0.1, 0.15) is 5.69 Å². The Bertz CT molecular complexity index is 607. The van der Waals surface area contributed by atoms with Crippen molar-refractivity contribution in [2.45, 2.75) is 0 Å². The largest absolute Gasteiger partial charge is 0.388 e. The van der Waals surface area contributed by atoms with E-state index in [1.165, 1.54) is 0 Å². The zero-order valence-electron chi connectivity index (χ0n) is 11.5. The highest BCUT2D eigenvalue weighted by Crippen LogP contribution is 2.16. The maximum atomic E-state index is 5.53. The standard InChI is InChI=1S/C14H16N6S/c15-14(21)11-9-18-13(10-17-11)20-7-5-19(6-8-20)12-3-1-2-4-16-12/h1-4,9-10H,5-8H2,(H2,15,21). The molecule has 0 spiro atoms. The lowest BCUT2D eigenvalue weighted by atomic mass is 10.3. The van der Waals surface area contributed by atoms with E-state index < -0.39 is 0 Å². The third-order valence-electron chi connectivity index (χ3n) is 3.47. The fourth-order valence-electron chi connectivity index (χ4n) is 2.32. The summed E-state index contributed by atoms with van der Waals surface area (Å²) in [6.07, 6.45) is 5.18. The Labute approximate surface area is 128 Å². The number of nitrogens with two attached hydrogens (primary N) is 1. The van der Waals surface area contributed by atoms with Gasteiger partial charge in [-0.15, -0.1) is 0 Å². The minimum Gasteiger partial charge on any atom is -0.388 e. The van der Waals surface area contributed by atoms with Gasteiger partial charge in [-0.1, -0.05) is 18.3 Å². The molecule has 7 heteroatoms. The van der Waals surface area contributed by atoms with Crippen LogP contribution in [0.15, 0.2) is 36.8 Å². The monoisotopic (exact) mass is 300 g/mol. The smallest absolute Gasteiger partial charge is 0.147 e. The average molecular weight is 300 g/mol. The first-order valence-electron chi connectivity index (χ1n) is 6.77. The Balaban J connectivity index is 1.64. The summed E-state index contributed by atoms with van der Waals surface area (Å²) in [7, 11) is 0. The zero-order chi connectivity index (χ0) is 14.7. The van der Waals surface area contributed by atoms with Gasteiger partial charge in [0.2, 0.25) is 0 Å². The quantitative estimate of drug-likeness (QED) is 0.842. The van der Waals surface area contributed by atoms with E-state index in [1.54, 1.807) is 12.4 Å². The summed E-state index contributed by atoms with van der Waals surface area (Å²) >= 11 is 4.88. The predicted octanol–water partition coefficient (Wildman–Crippen LogP) is 0.832. The molecule has 0 bridgehead atoms. The van der Waals surface area contributed by atoms with Crippen molar-refractivity contribution < 1.29 is 0 Å². The van der Waals surface area contributed by atoms with Crippen LogP contribution >= 0.6 is 12.2 Å². The molecular formula is C14H16N6S. The molecule has 0 aliphatic carbocycles. The number of anilines is 2. The van der Waals surface area contributed by atoms with Crippen LogP contribution < -0.4 is 15.5 Å². The van der Waals surface area contributed by atoms with Crippen molar-refractivity contribution in [1.82, 2.24) is 15.0 Å². The number of nitrogens with zero attached hydrogens (tertiary/aromatic N) is 5. The van der Waals surface area contributed by atoms with Gasteiger partial charge in [0, 0.05) is 32.4 Å². The number of thiocarbonyl (C=S) groups is 1. The van der Waals surface area contributed by atoms with E-state index in [9.17, 15) is 0 Å². The molecule has 0 aromatic carbocycles. The molecule has 6 nitrogen and oxygen atoms in total. The van der Waals surface area contributed by atoms with Crippen LogP contribution in [-0.4, -0.2) is 46.1 Å². The van der Waals surface area contributed by atoms with Gasteiger partial charge < -0.3 is 15.5 Å². The Morgan fingerprint density at radius 1 is 0.952 bits per heavy atom. The first-order chi connectivity index (χ1) is 10.2. The third kappa shape index (κ3) is 3.08. The Hall–Kier alpha value is -2.28. The molecular weight excluding hydrogens is 284 g/mol. The fraction of sp³-hybridized carbons (Fsp3) is 0.286. The molecule has 3 heterocycles. The second kappa shape index (κ2) is 6.01. The van der Waals surface area contributed by atoms with Crippen LogP contribution in [0.25, 0.3) is 0 Å². The first kappa shape index (κ1) is 13.7. The summed E-state index contributed by atoms with van der Waals surface area (Å²) in [6.45, 7) is 3.60. The van der Waals surface area contributed by atoms with Crippen molar-refractivity contribution in [2.24, 2.45) is 5.73 Å². The molecule has 1 saturated heterocycles. The molecule has 1 fully saturated rings. The van der Waals surface area contributed by atoms with Gasteiger partial charge in [0.15, 0.2) is 0 Å². The molecule has 0 radical (unpaired) electrons. The van der Waals surface area contributed by atoms with E-state index >= 15 is 0 Å². The maximum absolute atomic E-state index is 5.53. The molecule has 108 valence electrons. The van der Waals surface area contributed by atoms with Gasteiger partial charge in [0.25, 0.3) is 0 Å². The van der Waals surface area contributed by atoms with Crippen LogP contribution in [0.5, 0.6) is 0 Å². The van der Waals surface area contributed by atoms with Crippen LogP contribution in [0.2, 0.25) is 0 Å². The van der Waals surface area contributed by atoms with Crippen molar-refractivity contribution in [3.63, 3.8) is 0 Å². The molecule has 3 rings (SSSR count). The van der Waals surface area contributed by atoms with Gasteiger partial charge in [-0.3, -0.25) is 0 Å². The van der Waals surface area contributed by atoms with Gasteiger partial charge >= 0.3 is 0 Å². The number of piperazine rings is 1. The van der Waals surface area contributed by atoms with E-state index in [-0.39, 0.29) is 4.99 Å². The Kier molecular flexibility index (Phi) is 3.92. The van der Waals surface area contributed by atoms with Gasteiger partial charge in [0.05, 0.1) is 12.4 Å². The summed E-state index contributed by atoms with van der Waals surface area (Å²) in [5.74, 6) is 1.88. The summed E-state index contributed by atoms with van der Waals surface area (Å²) in [5.41, 5.74) is 6.08. The maximum Gasteiger partial charge on any atom is 0.147 e. The minimum absolute atomic E-state index is 0.272. The summed E-state index contributed by atoms with van der Waals surface area (Å²) < 4.78 is 0. The van der Waals surface area contributed by atoms with E-state index in [1.807, 2.05) is 24.4 Å². The van der Waals surface area contributed by atoms with Crippen molar-refractivity contribution in [1.29, 1.82) is 0 Å². The van der Waals surface area contributed by atoms with E-state index in [0.717, 1.165) is 37.8 Å². The molecule has 1 aliphatic heterocycles. The molecule has 21 heavy (non-hydrogen) atoms. The minimum atomic E-state index is 0.272.